The van der Waals surface area contributed by atoms with E-state index in [-0.39, 0.29) is 47.5 Å². The molecule has 1 aliphatic rings. The highest BCUT2D eigenvalue weighted by atomic mass is 32.2. The molecule has 2 N–H and O–H groups in total. The first-order valence-electron chi connectivity index (χ1n) is 11.1. The second kappa shape index (κ2) is 10.5. The number of para-hydroxylation sites is 1. The lowest BCUT2D eigenvalue weighted by Crippen LogP contribution is -2.50. The normalized spacial score (nSPS) is 19.9. The number of hydrogen-bond donors (Lipinski definition) is 2. The minimum Gasteiger partial charge on any atom is -0.486 e. The van der Waals surface area contributed by atoms with Gasteiger partial charge in [-0.3, -0.25) is 9.52 Å². The minimum absolute atomic E-state index is 0.0140. The molecule has 0 saturated heterocycles. The molecule has 0 saturated carbocycles. The maximum absolute atomic E-state index is 13.4. The van der Waals surface area contributed by atoms with Gasteiger partial charge in [0.15, 0.2) is 5.75 Å². The third-order valence-corrected chi connectivity index (χ3v) is 8.30. The molecular weight excluding hydrogens is 494 g/mol. The van der Waals surface area contributed by atoms with Crippen LogP contribution >= 0.6 is 0 Å². The fourth-order valence-corrected chi connectivity index (χ4v) is 5.63. The second-order valence-corrected chi connectivity index (χ2v) is 12.6. The van der Waals surface area contributed by atoms with Crippen molar-refractivity contribution in [2.75, 3.05) is 37.7 Å². The Bertz CT molecular complexity index is 1270. The van der Waals surface area contributed by atoms with E-state index in [0.29, 0.717) is 0 Å². The zero-order chi connectivity index (χ0) is 26.0. The number of benzene rings is 2. The van der Waals surface area contributed by atoms with E-state index in [1.807, 2.05) is 6.92 Å². The number of aliphatic hydroxyl groups excluding tert-OH is 1. The SMILES string of the molecule is C[C@H](CO)N1C[C@H](C)[C@@H](CN(C)S(=O)(=O)c2ccccc2)Oc2c(NS(C)(=O)=O)cccc2C1=O. The van der Waals surface area contributed by atoms with Gasteiger partial charge in [-0.25, -0.2) is 16.8 Å². The molecule has 2 aromatic carbocycles. The molecule has 3 atom stereocenters. The van der Waals surface area contributed by atoms with Gasteiger partial charge in [0.2, 0.25) is 20.0 Å². The Morgan fingerprint density at radius 1 is 1.14 bits per heavy atom. The van der Waals surface area contributed by atoms with Crippen molar-refractivity contribution in [3.05, 3.63) is 54.1 Å². The van der Waals surface area contributed by atoms with Gasteiger partial charge >= 0.3 is 0 Å². The fourth-order valence-electron chi connectivity index (χ4n) is 3.87. The van der Waals surface area contributed by atoms with Gasteiger partial charge in [0, 0.05) is 19.5 Å². The van der Waals surface area contributed by atoms with Crippen LogP contribution in [0, 0.1) is 5.92 Å². The lowest BCUT2D eigenvalue weighted by Gasteiger charge is -2.38. The van der Waals surface area contributed by atoms with E-state index < -0.39 is 38.1 Å². The summed E-state index contributed by atoms with van der Waals surface area (Å²) >= 11 is 0. The Balaban J connectivity index is 2.06. The number of fused-ring (bicyclic) bond motifs is 1. The number of carbonyl (C=O) groups excluding carboxylic acids is 1. The van der Waals surface area contributed by atoms with Crippen LogP contribution in [0.25, 0.3) is 0 Å². The summed E-state index contributed by atoms with van der Waals surface area (Å²) in [4.78, 5) is 15.0. The largest absolute Gasteiger partial charge is 0.486 e. The van der Waals surface area contributed by atoms with E-state index in [2.05, 4.69) is 4.72 Å². The van der Waals surface area contributed by atoms with Crippen LogP contribution in [-0.2, 0) is 20.0 Å². The Morgan fingerprint density at radius 3 is 2.40 bits per heavy atom. The number of carbonyl (C=O) groups is 1. The van der Waals surface area contributed by atoms with Gasteiger partial charge in [-0.2, -0.15) is 4.31 Å². The van der Waals surface area contributed by atoms with Crippen LogP contribution in [-0.4, -0.2) is 82.2 Å². The molecule has 1 aliphatic heterocycles. The smallest absolute Gasteiger partial charge is 0.258 e. The quantitative estimate of drug-likeness (QED) is 0.535. The van der Waals surface area contributed by atoms with Gasteiger partial charge in [0.1, 0.15) is 6.10 Å². The Hall–Kier alpha value is -2.67. The number of nitrogens with zero attached hydrogens (tertiary/aromatic N) is 2. The van der Waals surface area contributed by atoms with Crippen molar-refractivity contribution in [1.29, 1.82) is 0 Å². The van der Waals surface area contributed by atoms with Gasteiger partial charge < -0.3 is 14.7 Å². The molecule has 0 aromatic heterocycles. The number of amides is 1. The molecule has 0 fully saturated rings. The molecule has 0 aliphatic carbocycles. The summed E-state index contributed by atoms with van der Waals surface area (Å²) in [6, 6.07) is 12.0. The zero-order valence-electron chi connectivity index (χ0n) is 20.1. The number of sulfonamides is 2. The minimum atomic E-state index is -3.82. The predicted octanol–water partition coefficient (Wildman–Crippen LogP) is 1.60. The number of likely N-dealkylation sites (N-methyl/N-ethyl adjacent to an activating group) is 1. The van der Waals surface area contributed by atoms with E-state index in [1.54, 1.807) is 25.1 Å². The maximum Gasteiger partial charge on any atom is 0.258 e. The average molecular weight is 526 g/mol. The van der Waals surface area contributed by atoms with Crippen molar-refractivity contribution >= 4 is 31.6 Å². The molecule has 0 spiro atoms. The van der Waals surface area contributed by atoms with Crippen molar-refractivity contribution in [3.63, 3.8) is 0 Å². The van der Waals surface area contributed by atoms with Crippen LogP contribution < -0.4 is 9.46 Å². The van der Waals surface area contributed by atoms with Crippen LogP contribution in [0.5, 0.6) is 5.75 Å². The van der Waals surface area contributed by atoms with E-state index in [0.717, 1.165) is 6.26 Å². The summed E-state index contributed by atoms with van der Waals surface area (Å²) in [7, 11) is -6.08. The van der Waals surface area contributed by atoms with Gasteiger partial charge in [-0.15, -0.1) is 0 Å². The summed E-state index contributed by atoms with van der Waals surface area (Å²) in [6.07, 6.45) is 0.249. The second-order valence-electron chi connectivity index (χ2n) is 8.78. The first-order chi connectivity index (χ1) is 16.3. The van der Waals surface area contributed by atoms with Crippen LogP contribution in [0.4, 0.5) is 5.69 Å². The molecule has 10 nitrogen and oxygen atoms in total. The van der Waals surface area contributed by atoms with Crippen LogP contribution in [0.2, 0.25) is 0 Å². The molecule has 12 heteroatoms. The summed E-state index contributed by atoms with van der Waals surface area (Å²) in [5, 5.41) is 9.75. The average Bonchev–Trinajstić information content (AvgIpc) is 2.80. The molecule has 0 radical (unpaired) electrons. The van der Waals surface area contributed by atoms with Crippen LogP contribution in [0.1, 0.15) is 24.2 Å². The first kappa shape index (κ1) is 26.9. The van der Waals surface area contributed by atoms with E-state index in [9.17, 15) is 26.7 Å². The summed E-state index contributed by atoms with van der Waals surface area (Å²) in [5.41, 5.74) is 0.187. The van der Waals surface area contributed by atoms with Gasteiger partial charge in [0.05, 0.1) is 41.6 Å². The van der Waals surface area contributed by atoms with Gasteiger partial charge in [0.25, 0.3) is 5.91 Å². The Labute approximate surface area is 206 Å². The van der Waals surface area contributed by atoms with E-state index in [1.165, 1.54) is 46.6 Å². The van der Waals surface area contributed by atoms with E-state index >= 15 is 0 Å². The molecule has 2 aromatic rings. The van der Waals surface area contributed by atoms with Gasteiger partial charge in [-0.1, -0.05) is 31.2 Å². The predicted molar refractivity (Wildman–Crippen MR) is 132 cm³/mol. The zero-order valence-corrected chi connectivity index (χ0v) is 21.7. The van der Waals surface area contributed by atoms with Crippen molar-refractivity contribution in [2.45, 2.75) is 30.9 Å². The lowest BCUT2D eigenvalue weighted by molar-refractivity contribution is 0.0389. The molecule has 0 unspecified atom stereocenters. The van der Waals surface area contributed by atoms with Crippen molar-refractivity contribution < 1.29 is 31.5 Å². The van der Waals surface area contributed by atoms with Crippen molar-refractivity contribution in [1.82, 2.24) is 9.21 Å². The maximum atomic E-state index is 13.4. The summed E-state index contributed by atoms with van der Waals surface area (Å²) < 4.78 is 59.9. The Morgan fingerprint density at radius 2 is 1.80 bits per heavy atom. The third kappa shape index (κ3) is 6.13. The summed E-state index contributed by atoms with van der Waals surface area (Å²) in [5.74, 6) is -0.768. The van der Waals surface area contributed by atoms with Crippen LogP contribution in [0.15, 0.2) is 53.4 Å². The highest BCUT2D eigenvalue weighted by molar-refractivity contribution is 7.92. The van der Waals surface area contributed by atoms with Gasteiger partial charge in [-0.05, 0) is 31.2 Å². The number of rotatable bonds is 8. The number of hydrogen-bond acceptors (Lipinski definition) is 7. The lowest BCUT2D eigenvalue weighted by atomic mass is 9.99. The highest BCUT2D eigenvalue weighted by Crippen LogP contribution is 2.35. The molecule has 192 valence electrons. The molecule has 0 bridgehead atoms. The topological polar surface area (TPSA) is 133 Å². The molecule has 1 amide bonds. The number of aliphatic hydroxyl groups is 1. The summed E-state index contributed by atoms with van der Waals surface area (Å²) in [6.45, 7) is 3.39. The number of nitrogens with one attached hydrogen (secondary N) is 1. The molecule has 3 rings (SSSR count). The first-order valence-corrected chi connectivity index (χ1v) is 14.4. The standard InChI is InChI=1S/C23H31N3O7S2/c1-16-13-26(17(2)15-27)23(28)19-11-8-12-20(24-34(4,29)30)22(19)33-21(16)14-25(3)35(31,32)18-9-6-5-7-10-18/h5-12,16-17,21,24,27H,13-15H2,1-4H3/t16-,17+,21+/m0/s1. The third-order valence-electron chi connectivity index (χ3n) is 5.87. The van der Waals surface area contributed by atoms with Crippen LogP contribution in [0.3, 0.4) is 0 Å². The van der Waals surface area contributed by atoms with Crippen molar-refractivity contribution in [3.8, 4) is 5.75 Å². The number of ether oxygens (including phenoxy) is 1. The fraction of sp³-hybridized carbons (Fsp3) is 0.435. The number of anilines is 1. The highest BCUT2D eigenvalue weighted by Gasteiger charge is 2.36. The van der Waals surface area contributed by atoms with Crippen molar-refractivity contribution in [2.24, 2.45) is 5.92 Å². The molecule has 1 heterocycles. The monoisotopic (exact) mass is 525 g/mol. The Kier molecular flexibility index (Phi) is 8.10. The van der Waals surface area contributed by atoms with E-state index in [4.69, 9.17) is 4.74 Å². The molecule has 35 heavy (non-hydrogen) atoms. The molecular formula is C23H31N3O7S2.